The van der Waals surface area contributed by atoms with Crippen LogP contribution in [0.3, 0.4) is 0 Å². The lowest BCUT2D eigenvalue weighted by Crippen LogP contribution is -2.55. The van der Waals surface area contributed by atoms with E-state index in [4.69, 9.17) is 5.73 Å². The van der Waals surface area contributed by atoms with Gasteiger partial charge in [-0.05, 0) is 38.1 Å². The van der Waals surface area contributed by atoms with Crippen molar-refractivity contribution in [3.05, 3.63) is 0 Å². The van der Waals surface area contributed by atoms with E-state index < -0.39 is 0 Å². The second-order valence-electron chi connectivity index (χ2n) is 5.50. The normalized spacial score (nSPS) is 32.0. The molecule has 1 heterocycles. The summed E-state index contributed by atoms with van der Waals surface area (Å²) in [6, 6.07) is 0. The van der Waals surface area contributed by atoms with Crippen LogP contribution in [0.2, 0.25) is 0 Å². The standard InChI is InChI=1S/C13H26N2/c1-2-12-6-5-9-15(10-12)13(11-14)7-3-4-8-13/h12H,2-11,14H2,1H3. The van der Waals surface area contributed by atoms with Gasteiger partial charge in [-0.25, -0.2) is 0 Å². The number of hydrogen-bond acceptors (Lipinski definition) is 2. The zero-order valence-corrected chi connectivity index (χ0v) is 10.2. The fraction of sp³-hybridized carbons (Fsp3) is 1.00. The van der Waals surface area contributed by atoms with E-state index in [1.807, 2.05) is 0 Å². The van der Waals surface area contributed by atoms with Crippen LogP contribution in [-0.4, -0.2) is 30.1 Å². The summed E-state index contributed by atoms with van der Waals surface area (Å²) >= 11 is 0. The van der Waals surface area contributed by atoms with Crippen LogP contribution in [0.1, 0.15) is 51.9 Å². The van der Waals surface area contributed by atoms with E-state index in [0.717, 1.165) is 12.5 Å². The Balaban J connectivity index is 2.01. The molecule has 0 amide bonds. The van der Waals surface area contributed by atoms with E-state index in [-0.39, 0.29) is 0 Å². The third-order valence-corrected chi connectivity index (χ3v) is 4.68. The zero-order chi connectivity index (χ0) is 10.7. The Morgan fingerprint density at radius 3 is 2.60 bits per heavy atom. The molecule has 15 heavy (non-hydrogen) atoms. The minimum Gasteiger partial charge on any atom is -0.329 e. The van der Waals surface area contributed by atoms with Gasteiger partial charge >= 0.3 is 0 Å². The summed E-state index contributed by atoms with van der Waals surface area (Å²) in [6.45, 7) is 5.82. The van der Waals surface area contributed by atoms with Crippen molar-refractivity contribution in [1.82, 2.24) is 4.90 Å². The molecule has 0 radical (unpaired) electrons. The van der Waals surface area contributed by atoms with Crippen LogP contribution in [0.5, 0.6) is 0 Å². The molecular formula is C13H26N2. The first-order valence-electron chi connectivity index (χ1n) is 6.76. The van der Waals surface area contributed by atoms with Crippen LogP contribution in [0.15, 0.2) is 0 Å². The van der Waals surface area contributed by atoms with E-state index in [1.54, 1.807) is 0 Å². The molecule has 2 aliphatic rings. The lowest BCUT2D eigenvalue weighted by atomic mass is 9.88. The van der Waals surface area contributed by atoms with Crippen molar-refractivity contribution in [1.29, 1.82) is 0 Å². The molecule has 2 nitrogen and oxygen atoms in total. The van der Waals surface area contributed by atoms with Crippen molar-refractivity contribution >= 4 is 0 Å². The lowest BCUT2D eigenvalue weighted by molar-refractivity contribution is 0.0505. The van der Waals surface area contributed by atoms with Crippen molar-refractivity contribution in [3.8, 4) is 0 Å². The number of hydrogen-bond donors (Lipinski definition) is 1. The number of likely N-dealkylation sites (tertiary alicyclic amines) is 1. The first kappa shape index (κ1) is 11.4. The van der Waals surface area contributed by atoms with Gasteiger partial charge in [0.1, 0.15) is 0 Å². The van der Waals surface area contributed by atoms with Gasteiger partial charge < -0.3 is 5.73 Å². The highest BCUT2D eigenvalue weighted by molar-refractivity contribution is 4.97. The van der Waals surface area contributed by atoms with Crippen LogP contribution in [0.4, 0.5) is 0 Å². The molecule has 88 valence electrons. The number of rotatable bonds is 3. The molecule has 0 aromatic carbocycles. The predicted molar refractivity (Wildman–Crippen MR) is 64.8 cm³/mol. The monoisotopic (exact) mass is 210 g/mol. The van der Waals surface area contributed by atoms with E-state index in [2.05, 4.69) is 11.8 Å². The van der Waals surface area contributed by atoms with Gasteiger partial charge in [0, 0.05) is 18.6 Å². The summed E-state index contributed by atoms with van der Waals surface area (Å²) in [7, 11) is 0. The highest BCUT2D eigenvalue weighted by Crippen LogP contribution is 2.37. The molecule has 2 rings (SSSR count). The Bertz CT molecular complexity index is 197. The Morgan fingerprint density at radius 1 is 1.27 bits per heavy atom. The molecule has 0 aromatic heterocycles. The molecule has 0 spiro atoms. The quantitative estimate of drug-likeness (QED) is 0.775. The average molecular weight is 210 g/mol. The highest BCUT2D eigenvalue weighted by atomic mass is 15.2. The molecule has 2 N–H and O–H groups in total. The largest absolute Gasteiger partial charge is 0.329 e. The fourth-order valence-corrected chi connectivity index (χ4v) is 3.51. The molecule has 0 bridgehead atoms. The smallest absolute Gasteiger partial charge is 0.0331 e. The van der Waals surface area contributed by atoms with Crippen LogP contribution in [-0.2, 0) is 0 Å². The summed E-state index contributed by atoms with van der Waals surface area (Å²) in [5.74, 6) is 0.933. The van der Waals surface area contributed by atoms with Gasteiger partial charge in [0.2, 0.25) is 0 Å². The van der Waals surface area contributed by atoms with Crippen LogP contribution in [0, 0.1) is 5.92 Å². The van der Waals surface area contributed by atoms with Crippen molar-refractivity contribution < 1.29 is 0 Å². The summed E-state index contributed by atoms with van der Waals surface area (Å²) < 4.78 is 0. The summed E-state index contributed by atoms with van der Waals surface area (Å²) in [6.07, 6.45) is 9.65. The first-order valence-corrected chi connectivity index (χ1v) is 6.76. The molecule has 1 unspecified atom stereocenters. The second kappa shape index (κ2) is 4.84. The van der Waals surface area contributed by atoms with Crippen LogP contribution >= 0.6 is 0 Å². The highest BCUT2D eigenvalue weighted by Gasteiger charge is 2.39. The minimum atomic E-state index is 0.397. The van der Waals surface area contributed by atoms with E-state index in [0.29, 0.717) is 5.54 Å². The molecule has 1 aliphatic carbocycles. The SMILES string of the molecule is CCC1CCCN(C2(CN)CCCC2)C1. The Morgan fingerprint density at radius 2 is 2.00 bits per heavy atom. The third kappa shape index (κ3) is 2.21. The summed E-state index contributed by atoms with van der Waals surface area (Å²) in [5, 5.41) is 0. The molecule has 1 saturated carbocycles. The molecule has 2 heteroatoms. The van der Waals surface area contributed by atoms with Gasteiger partial charge in [-0.3, -0.25) is 4.90 Å². The Labute approximate surface area is 94.2 Å². The van der Waals surface area contributed by atoms with Crippen molar-refractivity contribution in [2.45, 2.75) is 57.4 Å². The van der Waals surface area contributed by atoms with E-state index in [9.17, 15) is 0 Å². The topological polar surface area (TPSA) is 29.3 Å². The van der Waals surface area contributed by atoms with Crippen molar-refractivity contribution in [2.24, 2.45) is 11.7 Å². The fourth-order valence-electron chi connectivity index (χ4n) is 3.51. The van der Waals surface area contributed by atoms with Gasteiger partial charge in [-0.2, -0.15) is 0 Å². The van der Waals surface area contributed by atoms with E-state index in [1.165, 1.54) is 58.0 Å². The summed E-state index contributed by atoms with van der Waals surface area (Å²) in [5.41, 5.74) is 6.44. The molecule has 1 aliphatic heterocycles. The number of nitrogens with two attached hydrogens (primary N) is 1. The molecule has 1 saturated heterocycles. The van der Waals surface area contributed by atoms with Crippen molar-refractivity contribution in [2.75, 3.05) is 19.6 Å². The molecule has 0 aromatic rings. The first-order chi connectivity index (χ1) is 7.30. The predicted octanol–water partition coefficient (Wildman–Crippen LogP) is 2.38. The van der Waals surface area contributed by atoms with Crippen LogP contribution < -0.4 is 5.73 Å². The van der Waals surface area contributed by atoms with Gasteiger partial charge in [-0.15, -0.1) is 0 Å². The van der Waals surface area contributed by atoms with Crippen molar-refractivity contribution in [3.63, 3.8) is 0 Å². The minimum absolute atomic E-state index is 0.397. The number of nitrogens with zero attached hydrogens (tertiary/aromatic N) is 1. The van der Waals surface area contributed by atoms with E-state index >= 15 is 0 Å². The maximum absolute atomic E-state index is 6.04. The maximum atomic E-state index is 6.04. The average Bonchev–Trinajstić information content (AvgIpc) is 2.79. The third-order valence-electron chi connectivity index (χ3n) is 4.68. The summed E-state index contributed by atoms with van der Waals surface area (Å²) in [4.78, 5) is 2.73. The van der Waals surface area contributed by atoms with Crippen LogP contribution in [0.25, 0.3) is 0 Å². The lowest BCUT2D eigenvalue weighted by Gasteiger charge is -2.45. The maximum Gasteiger partial charge on any atom is 0.0331 e. The Kier molecular flexibility index (Phi) is 3.68. The molecule has 2 fully saturated rings. The zero-order valence-electron chi connectivity index (χ0n) is 10.2. The second-order valence-corrected chi connectivity index (χ2v) is 5.50. The van der Waals surface area contributed by atoms with Gasteiger partial charge in [0.15, 0.2) is 0 Å². The molecular weight excluding hydrogens is 184 g/mol. The van der Waals surface area contributed by atoms with Gasteiger partial charge in [-0.1, -0.05) is 26.2 Å². The Hall–Kier alpha value is -0.0800. The van der Waals surface area contributed by atoms with Gasteiger partial charge in [0.25, 0.3) is 0 Å². The number of piperidine rings is 1. The molecule has 1 atom stereocenters. The van der Waals surface area contributed by atoms with Gasteiger partial charge in [0.05, 0.1) is 0 Å².